The number of piperidine rings is 1. The number of aryl methyl sites for hydroxylation is 1. The third-order valence-corrected chi connectivity index (χ3v) is 5.58. The second-order valence-electron chi connectivity index (χ2n) is 5.18. The van der Waals surface area contributed by atoms with E-state index in [1.54, 1.807) is 13.0 Å². The minimum atomic E-state index is -3.78. The Morgan fingerprint density at radius 3 is 2.68 bits per heavy atom. The highest BCUT2D eigenvalue weighted by atomic mass is 32.2. The summed E-state index contributed by atoms with van der Waals surface area (Å²) in [5.74, 6) is -0.693. The van der Waals surface area contributed by atoms with Gasteiger partial charge >= 0.3 is 0 Å². The first-order chi connectivity index (χ1) is 8.82. The van der Waals surface area contributed by atoms with Crippen LogP contribution in [0.5, 0.6) is 0 Å². The van der Waals surface area contributed by atoms with Gasteiger partial charge in [-0.25, -0.2) is 12.8 Å². The number of rotatable bonds is 2. The van der Waals surface area contributed by atoms with Gasteiger partial charge in [-0.05, 0) is 44.4 Å². The first-order valence-electron chi connectivity index (χ1n) is 6.36. The highest BCUT2D eigenvalue weighted by molar-refractivity contribution is 7.89. The van der Waals surface area contributed by atoms with Crippen LogP contribution in [-0.2, 0) is 10.0 Å². The Labute approximate surface area is 113 Å². The average Bonchev–Trinajstić information content (AvgIpc) is 2.27. The fourth-order valence-corrected chi connectivity index (χ4v) is 4.19. The van der Waals surface area contributed by atoms with Crippen LogP contribution < -0.4 is 5.73 Å². The van der Waals surface area contributed by atoms with Gasteiger partial charge in [0.15, 0.2) is 0 Å². The molecule has 19 heavy (non-hydrogen) atoms. The van der Waals surface area contributed by atoms with Crippen molar-refractivity contribution in [2.45, 2.75) is 43.7 Å². The monoisotopic (exact) mass is 286 g/mol. The Morgan fingerprint density at radius 2 is 2.11 bits per heavy atom. The first kappa shape index (κ1) is 14.4. The lowest BCUT2D eigenvalue weighted by Gasteiger charge is -2.35. The summed E-state index contributed by atoms with van der Waals surface area (Å²) >= 11 is 0. The number of sulfonamides is 1. The molecule has 2 atom stereocenters. The van der Waals surface area contributed by atoms with Crippen molar-refractivity contribution in [1.29, 1.82) is 0 Å². The van der Waals surface area contributed by atoms with Crippen LogP contribution in [0.25, 0.3) is 0 Å². The Bertz CT molecular complexity index is 574. The summed E-state index contributed by atoms with van der Waals surface area (Å²) < 4.78 is 40.2. The van der Waals surface area contributed by atoms with Crippen molar-refractivity contribution in [2.75, 3.05) is 6.54 Å². The van der Waals surface area contributed by atoms with E-state index >= 15 is 0 Å². The average molecular weight is 286 g/mol. The topological polar surface area (TPSA) is 63.4 Å². The molecule has 1 aromatic rings. The Hall–Kier alpha value is -0.980. The summed E-state index contributed by atoms with van der Waals surface area (Å²) in [6.07, 6.45) is 1.21. The molecule has 2 N–H and O–H groups in total. The van der Waals surface area contributed by atoms with Crippen LogP contribution in [0.3, 0.4) is 0 Å². The molecule has 0 radical (unpaired) electrons. The third kappa shape index (κ3) is 2.80. The molecule has 1 aliphatic rings. The molecular formula is C13H19FN2O2S. The van der Waals surface area contributed by atoms with Gasteiger partial charge in [-0.3, -0.25) is 0 Å². The molecule has 0 amide bonds. The number of hydrogen-bond acceptors (Lipinski definition) is 3. The molecule has 1 aromatic carbocycles. The maximum Gasteiger partial charge on any atom is 0.246 e. The van der Waals surface area contributed by atoms with Gasteiger partial charge in [-0.15, -0.1) is 0 Å². The molecule has 6 heteroatoms. The van der Waals surface area contributed by atoms with Crippen molar-refractivity contribution in [3.05, 3.63) is 29.6 Å². The predicted octanol–water partition coefficient (Wildman–Crippen LogP) is 1.63. The SMILES string of the molecule is Cc1ccc(S(=O)(=O)N2CC[C@H](N)C[C@H]2C)c(F)c1. The zero-order valence-corrected chi connectivity index (χ0v) is 12.0. The lowest BCUT2D eigenvalue weighted by atomic mass is 10.0. The van der Waals surface area contributed by atoms with Crippen molar-refractivity contribution in [2.24, 2.45) is 5.73 Å². The van der Waals surface area contributed by atoms with Gasteiger partial charge < -0.3 is 5.73 Å². The molecule has 0 unspecified atom stereocenters. The molecule has 0 bridgehead atoms. The summed E-state index contributed by atoms with van der Waals surface area (Å²) in [5, 5.41) is 0. The van der Waals surface area contributed by atoms with Crippen molar-refractivity contribution < 1.29 is 12.8 Å². The summed E-state index contributed by atoms with van der Waals surface area (Å²) in [4.78, 5) is -0.250. The van der Waals surface area contributed by atoms with Crippen molar-refractivity contribution in [3.63, 3.8) is 0 Å². The van der Waals surface area contributed by atoms with Crippen LogP contribution in [0.4, 0.5) is 4.39 Å². The summed E-state index contributed by atoms with van der Waals surface area (Å²) in [7, 11) is -3.78. The van der Waals surface area contributed by atoms with E-state index in [2.05, 4.69) is 0 Å². The minimum absolute atomic E-state index is 0.0179. The van der Waals surface area contributed by atoms with E-state index in [1.165, 1.54) is 16.4 Å². The number of halogens is 1. The predicted molar refractivity (Wildman–Crippen MR) is 71.7 cm³/mol. The standard InChI is InChI=1S/C13H19FN2O2S/c1-9-3-4-13(12(14)7-9)19(17,18)16-6-5-11(15)8-10(16)2/h3-4,7,10-11H,5-6,8,15H2,1-2H3/t10-,11+/m1/s1. The van der Waals surface area contributed by atoms with Crippen LogP contribution in [0.15, 0.2) is 23.1 Å². The highest BCUT2D eigenvalue weighted by Gasteiger charge is 2.34. The minimum Gasteiger partial charge on any atom is -0.328 e. The lowest BCUT2D eigenvalue weighted by molar-refractivity contribution is 0.246. The molecule has 1 aliphatic heterocycles. The molecular weight excluding hydrogens is 267 g/mol. The zero-order chi connectivity index (χ0) is 14.2. The van der Waals surface area contributed by atoms with Gasteiger partial charge in [-0.2, -0.15) is 4.31 Å². The quantitative estimate of drug-likeness (QED) is 0.899. The third-order valence-electron chi connectivity index (χ3n) is 3.53. The summed E-state index contributed by atoms with van der Waals surface area (Å²) in [5.41, 5.74) is 6.52. The first-order valence-corrected chi connectivity index (χ1v) is 7.80. The van der Waals surface area contributed by atoms with Crippen molar-refractivity contribution in [1.82, 2.24) is 4.31 Å². The normalized spacial score (nSPS) is 25.5. The van der Waals surface area contributed by atoms with E-state index in [1.807, 2.05) is 6.92 Å². The van der Waals surface area contributed by atoms with Gasteiger partial charge in [0, 0.05) is 18.6 Å². The van der Waals surface area contributed by atoms with Gasteiger partial charge in [0.1, 0.15) is 10.7 Å². The van der Waals surface area contributed by atoms with E-state index in [0.717, 1.165) is 0 Å². The van der Waals surface area contributed by atoms with E-state index < -0.39 is 15.8 Å². The Morgan fingerprint density at radius 1 is 1.42 bits per heavy atom. The van der Waals surface area contributed by atoms with Crippen LogP contribution >= 0.6 is 0 Å². The second-order valence-corrected chi connectivity index (χ2v) is 7.04. The van der Waals surface area contributed by atoms with E-state index in [-0.39, 0.29) is 17.0 Å². The lowest BCUT2D eigenvalue weighted by Crippen LogP contribution is -2.48. The molecule has 106 valence electrons. The van der Waals surface area contributed by atoms with Gasteiger partial charge in [0.2, 0.25) is 10.0 Å². The van der Waals surface area contributed by atoms with Gasteiger partial charge in [0.05, 0.1) is 0 Å². The van der Waals surface area contributed by atoms with Crippen LogP contribution in [0.2, 0.25) is 0 Å². The number of nitrogens with zero attached hydrogens (tertiary/aromatic N) is 1. The van der Waals surface area contributed by atoms with Crippen LogP contribution in [0.1, 0.15) is 25.3 Å². The molecule has 1 fully saturated rings. The molecule has 1 heterocycles. The highest BCUT2D eigenvalue weighted by Crippen LogP contribution is 2.26. The molecule has 0 aromatic heterocycles. The van der Waals surface area contributed by atoms with Crippen LogP contribution in [0, 0.1) is 12.7 Å². The maximum atomic E-state index is 13.9. The number of benzene rings is 1. The zero-order valence-electron chi connectivity index (χ0n) is 11.1. The van der Waals surface area contributed by atoms with E-state index in [0.29, 0.717) is 24.9 Å². The summed E-state index contributed by atoms with van der Waals surface area (Å²) in [6, 6.07) is 4.00. The molecule has 0 saturated carbocycles. The van der Waals surface area contributed by atoms with E-state index in [9.17, 15) is 12.8 Å². The molecule has 1 saturated heterocycles. The fraction of sp³-hybridized carbons (Fsp3) is 0.538. The largest absolute Gasteiger partial charge is 0.328 e. The molecule has 0 aliphatic carbocycles. The van der Waals surface area contributed by atoms with E-state index in [4.69, 9.17) is 5.73 Å². The fourth-order valence-electron chi connectivity index (χ4n) is 2.49. The molecule has 4 nitrogen and oxygen atoms in total. The Kier molecular flexibility index (Phi) is 3.94. The number of nitrogens with two attached hydrogens (primary N) is 1. The Balaban J connectivity index is 2.37. The smallest absolute Gasteiger partial charge is 0.246 e. The van der Waals surface area contributed by atoms with Gasteiger partial charge in [0.25, 0.3) is 0 Å². The van der Waals surface area contributed by atoms with Crippen LogP contribution in [-0.4, -0.2) is 31.4 Å². The maximum absolute atomic E-state index is 13.9. The molecule has 2 rings (SSSR count). The molecule has 0 spiro atoms. The summed E-state index contributed by atoms with van der Waals surface area (Å²) in [6.45, 7) is 3.88. The van der Waals surface area contributed by atoms with Crippen molar-refractivity contribution in [3.8, 4) is 0 Å². The van der Waals surface area contributed by atoms with Crippen molar-refractivity contribution >= 4 is 10.0 Å². The second kappa shape index (κ2) is 5.19. The number of hydrogen-bond donors (Lipinski definition) is 1. The van der Waals surface area contributed by atoms with Gasteiger partial charge in [-0.1, -0.05) is 6.07 Å².